The lowest BCUT2D eigenvalue weighted by Gasteiger charge is -2.58. The van der Waals surface area contributed by atoms with E-state index in [0.717, 1.165) is 16.8 Å². The summed E-state index contributed by atoms with van der Waals surface area (Å²) in [6.07, 6.45) is 2.82. The van der Waals surface area contributed by atoms with Gasteiger partial charge in [-0.3, -0.25) is 24.3 Å². The molecule has 3 aliphatic rings. The van der Waals surface area contributed by atoms with Crippen LogP contribution in [0.15, 0.2) is 77.8 Å². The number of aromatic nitrogens is 1. The Labute approximate surface area is 269 Å². The Morgan fingerprint density at radius 1 is 1.11 bits per heavy atom. The van der Waals surface area contributed by atoms with Gasteiger partial charge in [-0.05, 0) is 67.4 Å². The first-order chi connectivity index (χ1) is 22.2. The largest absolute Gasteiger partial charge is 0.509 e. The molecule has 47 heavy (non-hydrogen) atoms. The first-order valence-electron chi connectivity index (χ1n) is 14.7. The van der Waals surface area contributed by atoms with Gasteiger partial charge in [0.15, 0.2) is 17.0 Å². The fourth-order valence-electron chi connectivity index (χ4n) is 7.58. The number of carbonyl (C=O) groups is 3. The Morgan fingerprint density at radius 2 is 1.81 bits per heavy atom. The number of rotatable bonds is 6. The van der Waals surface area contributed by atoms with Crippen molar-refractivity contribution in [1.29, 1.82) is 5.26 Å². The summed E-state index contributed by atoms with van der Waals surface area (Å²) in [6, 6.07) is 14.7. The molecule has 0 radical (unpaired) electrons. The molecule has 1 aromatic heterocycles. The van der Waals surface area contributed by atoms with Crippen LogP contribution >= 0.6 is 0 Å². The second kappa shape index (κ2) is 10.8. The van der Waals surface area contributed by atoms with Gasteiger partial charge in [0.05, 0.1) is 40.0 Å². The lowest BCUT2D eigenvalue weighted by Crippen LogP contribution is -2.80. The second-order valence-electron chi connectivity index (χ2n) is 12.6. The fourth-order valence-corrected chi connectivity index (χ4v) is 7.58. The van der Waals surface area contributed by atoms with Crippen LogP contribution in [0.25, 0.3) is 16.9 Å². The van der Waals surface area contributed by atoms with E-state index in [1.54, 1.807) is 24.5 Å². The summed E-state index contributed by atoms with van der Waals surface area (Å²) in [5.41, 5.74) is 14.8. The molecule has 4 atom stereocenters. The van der Waals surface area contributed by atoms with Crippen LogP contribution in [-0.2, 0) is 27.3 Å². The third-order valence-corrected chi connectivity index (χ3v) is 9.56. The van der Waals surface area contributed by atoms with Gasteiger partial charge >= 0.3 is 0 Å². The average molecular weight is 636 g/mol. The van der Waals surface area contributed by atoms with Crippen LogP contribution in [0.1, 0.15) is 23.1 Å². The number of nitrogens with two attached hydrogens (primary N) is 3. The number of ketones is 2. The smallest absolute Gasteiger partial charge is 0.255 e. The summed E-state index contributed by atoms with van der Waals surface area (Å²) >= 11 is 0. The van der Waals surface area contributed by atoms with Gasteiger partial charge in [-0.2, -0.15) is 5.26 Å². The third-order valence-electron chi connectivity index (χ3n) is 9.56. The molecule has 1 fully saturated rings. The van der Waals surface area contributed by atoms with Crippen molar-refractivity contribution in [2.45, 2.75) is 36.5 Å². The molecule has 3 aromatic rings. The van der Waals surface area contributed by atoms with Crippen molar-refractivity contribution >= 4 is 28.9 Å². The van der Waals surface area contributed by atoms with Crippen LogP contribution in [-0.4, -0.2) is 73.9 Å². The van der Waals surface area contributed by atoms with Gasteiger partial charge in [0.2, 0.25) is 0 Å². The maximum absolute atomic E-state index is 14.5. The van der Waals surface area contributed by atoms with E-state index in [0.29, 0.717) is 17.7 Å². The minimum atomic E-state index is -2.71. The molecule has 0 spiro atoms. The zero-order valence-corrected chi connectivity index (χ0v) is 25.6. The number of fused-ring (bicyclic) bond motifs is 3. The van der Waals surface area contributed by atoms with Crippen molar-refractivity contribution in [1.82, 2.24) is 9.88 Å². The Balaban J connectivity index is 1.49. The SMILES string of the molecule is CN(C)[C@@H]1C(=O)C(C(N)=O)=C(O)[C@@]2(C#N)C(=O)C3=C(O)c4c(O)ccc(-c5ccc(CNc6cccnc6)cc5)c4C[C@@]3(N)C[C@@]12N. The summed E-state index contributed by atoms with van der Waals surface area (Å²) in [6.45, 7) is 0.532. The number of Topliss-reactive ketones (excluding diaryl/α,β-unsaturated/α-hetero) is 2. The number of anilines is 1. The molecule has 3 aliphatic carbocycles. The summed E-state index contributed by atoms with van der Waals surface area (Å²) in [4.78, 5) is 46.0. The Bertz CT molecular complexity index is 1970. The molecule has 1 heterocycles. The Kier molecular flexibility index (Phi) is 7.20. The van der Waals surface area contributed by atoms with E-state index in [1.165, 1.54) is 25.1 Å². The molecule has 1 amide bonds. The topological polar surface area (TPSA) is 242 Å². The van der Waals surface area contributed by atoms with Gasteiger partial charge in [-0.15, -0.1) is 0 Å². The molecule has 240 valence electrons. The number of benzene rings is 2. The molecule has 0 bridgehead atoms. The highest BCUT2D eigenvalue weighted by Crippen LogP contribution is 2.58. The van der Waals surface area contributed by atoms with Gasteiger partial charge in [0.1, 0.15) is 22.8 Å². The number of hydrogen-bond donors (Lipinski definition) is 7. The highest BCUT2D eigenvalue weighted by Gasteiger charge is 2.74. The number of aromatic hydroxyl groups is 1. The Morgan fingerprint density at radius 3 is 2.40 bits per heavy atom. The van der Waals surface area contributed by atoms with E-state index >= 15 is 0 Å². The number of primary amides is 1. The summed E-state index contributed by atoms with van der Waals surface area (Å²) in [7, 11) is 2.94. The number of carbonyl (C=O) groups excluding carboxylic acids is 3. The van der Waals surface area contributed by atoms with Crippen molar-refractivity contribution in [2.24, 2.45) is 22.6 Å². The first kappa shape index (κ1) is 31.4. The second-order valence-corrected chi connectivity index (χ2v) is 12.6. The van der Waals surface area contributed by atoms with Crippen molar-refractivity contribution in [3.8, 4) is 22.9 Å². The molecule has 6 rings (SSSR count). The minimum absolute atomic E-state index is 0.0681. The summed E-state index contributed by atoms with van der Waals surface area (Å²) in [5.74, 6) is -5.73. The zero-order chi connectivity index (χ0) is 34.1. The monoisotopic (exact) mass is 635 g/mol. The maximum atomic E-state index is 14.5. The predicted octanol–water partition coefficient (Wildman–Crippen LogP) is 1.58. The first-order valence-corrected chi connectivity index (χ1v) is 14.7. The number of phenolic OH excluding ortho intramolecular Hbond substituents is 1. The number of pyridine rings is 1. The number of nitriles is 1. The van der Waals surface area contributed by atoms with E-state index in [2.05, 4.69) is 10.3 Å². The number of phenols is 1. The molecule has 0 aliphatic heterocycles. The van der Waals surface area contributed by atoms with Crippen LogP contribution in [0.3, 0.4) is 0 Å². The third kappa shape index (κ3) is 4.34. The van der Waals surface area contributed by atoms with E-state index in [9.17, 15) is 35.0 Å². The average Bonchev–Trinajstić information content (AvgIpc) is 3.00. The van der Waals surface area contributed by atoms with Crippen LogP contribution < -0.4 is 22.5 Å². The normalized spacial score (nSPS) is 26.8. The van der Waals surface area contributed by atoms with Gasteiger partial charge in [-0.1, -0.05) is 30.3 Å². The van der Waals surface area contributed by atoms with E-state index in [1.807, 2.05) is 36.4 Å². The molecule has 2 aromatic carbocycles. The lowest BCUT2D eigenvalue weighted by molar-refractivity contribution is -0.139. The number of aliphatic hydroxyl groups excluding tert-OH is 2. The van der Waals surface area contributed by atoms with E-state index < -0.39 is 69.1 Å². The van der Waals surface area contributed by atoms with Gasteiger partial charge in [-0.25, -0.2) is 0 Å². The van der Waals surface area contributed by atoms with E-state index in [-0.39, 0.29) is 17.7 Å². The molecular weight excluding hydrogens is 602 g/mol. The van der Waals surface area contributed by atoms with Gasteiger partial charge in [0.25, 0.3) is 5.91 Å². The highest BCUT2D eigenvalue weighted by atomic mass is 16.3. The molecule has 13 nitrogen and oxygen atoms in total. The highest BCUT2D eigenvalue weighted by molar-refractivity contribution is 6.25. The molecule has 10 N–H and O–H groups in total. The molecule has 13 heteroatoms. The lowest BCUT2D eigenvalue weighted by atomic mass is 9.47. The number of hydrogen-bond acceptors (Lipinski definition) is 12. The van der Waals surface area contributed by atoms with Crippen molar-refractivity contribution < 1.29 is 29.7 Å². The summed E-state index contributed by atoms with van der Waals surface area (Å²) < 4.78 is 0. The van der Waals surface area contributed by atoms with Crippen LogP contribution in [0.5, 0.6) is 5.75 Å². The predicted molar refractivity (Wildman–Crippen MR) is 171 cm³/mol. The van der Waals surface area contributed by atoms with Crippen molar-refractivity contribution in [3.05, 3.63) is 94.5 Å². The summed E-state index contributed by atoms with van der Waals surface area (Å²) in [5, 5.41) is 47.9. The Hall–Kier alpha value is -5.55. The molecule has 1 saturated carbocycles. The van der Waals surface area contributed by atoms with Crippen LogP contribution in [0, 0.1) is 16.7 Å². The van der Waals surface area contributed by atoms with Crippen molar-refractivity contribution in [3.63, 3.8) is 0 Å². The number of amides is 1. The molecule has 0 unspecified atom stereocenters. The van der Waals surface area contributed by atoms with Crippen LogP contribution in [0.4, 0.5) is 5.69 Å². The standard InChI is InChI=1S/C34H33N7O6/c1-41(2)28-27(44)24(31(36)47)29(45)33(16-35)30(46)25-26(43)23-21(12-32(25,37)15-34(28,33)38)20(9-10-22(23)42)18-7-5-17(6-8-18)13-40-19-4-3-11-39-14-19/h3-11,14,28,40,42-43,45H,12-13,15,37-38H2,1-2H3,(H2,36,47)/t28-,32-,33+,34-/m1/s1. The minimum Gasteiger partial charge on any atom is -0.509 e. The molecule has 0 saturated heterocycles. The quantitative estimate of drug-likeness (QED) is 0.191. The van der Waals surface area contributed by atoms with Crippen molar-refractivity contribution in [2.75, 3.05) is 19.4 Å². The van der Waals surface area contributed by atoms with Gasteiger partial charge < -0.3 is 37.8 Å². The van der Waals surface area contributed by atoms with Gasteiger partial charge in [0, 0.05) is 18.9 Å². The number of likely N-dealkylation sites (N-methyl/N-ethyl adjacent to an activating group) is 1. The number of nitrogens with one attached hydrogen (secondary N) is 1. The van der Waals surface area contributed by atoms with E-state index in [4.69, 9.17) is 17.2 Å². The zero-order valence-electron chi connectivity index (χ0n) is 25.6. The van der Waals surface area contributed by atoms with Crippen LogP contribution in [0.2, 0.25) is 0 Å². The number of aliphatic hydroxyl groups is 2. The number of nitrogens with zero attached hydrogens (tertiary/aromatic N) is 3. The maximum Gasteiger partial charge on any atom is 0.255 e. The molecular formula is C34H33N7O6. The fraction of sp³-hybridized carbons (Fsp3) is 0.265.